The molecular formula is C20H31N3O4. The number of hydrogen-bond donors (Lipinski definition) is 0. The fourth-order valence-corrected chi connectivity index (χ4v) is 4.37. The first-order valence-corrected chi connectivity index (χ1v) is 10.6. The minimum atomic E-state index is 0.174. The first kappa shape index (κ1) is 18.9. The van der Waals surface area contributed by atoms with Gasteiger partial charge in [-0.3, -0.25) is 4.79 Å². The van der Waals surface area contributed by atoms with Crippen LogP contribution in [0.1, 0.15) is 75.5 Å². The molecular weight excluding hydrogens is 346 g/mol. The van der Waals surface area contributed by atoms with Crippen LogP contribution in [0.5, 0.6) is 0 Å². The molecule has 1 aromatic heterocycles. The van der Waals surface area contributed by atoms with Crippen LogP contribution < -0.4 is 0 Å². The smallest absolute Gasteiger partial charge is 0.223 e. The molecule has 27 heavy (non-hydrogen) atoms. The zero-order chi connectivity index (χ0) is 18.5. The third-order valence-corrected chi connectivity index (χ3v) is 6.08. The Kier molecular flexibility index (Phi) is 6.39. The summed E-state index contributed by atoms with van der Waals surface area (Å²) in [7, 11) is 0. The molecule has 7 nitrogen and oxygen atoms in total. The Hall–Kier alpha value is -1.47. The number of carbonyl (C=O) groups excluding carboxylic acids is 1. The maximum absolute atomic E-state index is 12.5. The zero-order valence-corrected chi connectivity index (χ0v) is 16.1. The van der Waals surface area contributed by atoms with Crippen molar-refractivity contribution in [1.29, 1.82) is 0 Å². The normalized spacial score (nSPS) is 24.7. The van der Waals surface area contributed by atoms with E-state index in [0.717, 1.165) is 64.1 Å². The monoisotopic (exact) mass is 377 g/mol. The average Bonchev–Trinajstić information content (AvgIpc) is 3.47. The fourth-order valence-electron chi connectivity index (χ4n) is 4.37. The summed E-state index contributed by atoms with van der Waals surface area (Å²) in [4.78, 5) is 14.4. The van der Waals surface area contributed by atoms with E-state index >= 15 is 0 Å². The number of rotatable bonds is 7. The van der Waals surface area contributed by atoms with Crippen LogP contribution >= 0.6 is 0 Å². The van der Waals surface area contributed by atoms with E-state index < -0.39 is 0 Å². The highest BCUT2D eigenvalue weighted by atomic mass is 16.5. The second kappa shape index (κ2) is 9.15. The Balaban J connectivity index is 1.15. The van der Waals surface area contributed by atoms with E-state index in [1.165, 1.54) is 12.8 Å². The summed E-state index contributed by atoms with van der Waals surface area (Å²) in [5.41, 5.74) is 0. The molecule has 1 saturated carbocycles. The Labute approximate surface area is 160 Å². The van der Waals surface area contributed by atoms with E-state index in [1.807, 2.05) is 4.90 Å². The van der Waals surface area contributed by atoms with Crippen molar-refractivity contribution >= 4 is 5.91 Å². The Bertz CT molecular complexity index is 600. The van der Waals surface area contributed by atoms with Crippen molar-refractivity contribution in [2.24, 2.45) is 0 Å². The molecule has 2 saturated heterocycles. The summed E-state index contributed by atoms with van der Waals surface area (Å²) < 4.78 is 17.4. The van der Waals surface area contributed by atoms with Gasteiger partial charge in [-0.15, -0.1) is 10.2 Å². The van der Waals surface area contributed by atoms with E-state index in [4.69, 9.17) is 13.9 Å². The molecule has 0 radical (unpaired) electrons. The fraction of sp³-hybridized carbons (Fsp3) is 0.850. The van der Waals surface area contributed by atoms with Gasteiger partial charge in [-0.1, -0.05) is 12.8 Å². The van der Waals surface area contributed by atoms with Gasteiger partial charge >= 0.3 is 0 Å². The van der Waals surface area contributed by atoms with Gasteiger partial charge in [0.15, 0.2) is 0 Å². The Morgan fingerprint density at radius 1 is 1.07 bits per heavy atom. The van der Waals surface area contributed by atoms with Gasteiger partial charge < -0.3 is 18.8 Å². The van der Waals surface area contributed by atoms with Crippen LogP contribution in [-0.4, -0.2) is 59.5 Å². The molecule has 0 bridgehead atoms. The summed E-state index contributed by atoms with van der Waals surface area (Å²) in [6.07, 6.45) is 10.3. The molecule has 2 aliphatic heterocycles. The van der Waals surface area contributed by atoms with Crippen LogP contribution in [-0.2, 0) is 20.7 Å². The number of amides is 1. The van der Waals surface area contributed by atoms with Crippen LogP contribution in [0.2, 0.25) is 0 Å². The maximum atomic E-state index is 12.5. The highest BCUT2D eigenvalue weighted by Crippen LogP contribution is 2.33. The predicted molar refractivity (Wildman–Crippen MR) is 98.4 cm³/mol. The van der Waals surface area contributed by atoms with E-state index in [9.17, 15) is 4.79 Å². The van der Waals surface area contributed by atoms with Gasteiger partial charge in [0.05, 0.1) is 18.8 Å². The first-order valence-electron chi connectivity index (χ1n) is 10.6. The molecule has 1 aliphatic carbocycles. The number of aromatic nitrogens is 2. The van der Waals surface area contributed by atoms with Crippen LogP contribution in [0, 0.1) is 0 Å². The third kappa shape index (κ3) is 5.08. The summed E-state index contributed by atoms with van der Waals surface area (Å²) in [6, 6.07) is 0. The molecule has 1 amide bonds. The second-order valence-electron chi connectivity index (χ2n) is 8.06. The molecule has 0 N–H and O–H groups in total. The number of ether oxygens (including phenoxy) is 2. The predicted octanol–water partition coefficient (Wildman–Crippen LogP) is 2.85. The number of hydrogen-bond acceptors (Lipinski definition) is 6. The molecule has 0 aromatic carbocycles. The van der Waals surface area contributed by atoms with Gasteiger partial charge in [0.2, 0.25) is 17.7 Å². The maximum Gasteiger partial charge on any atom is 0.223 e. The lowest BCUT2D eigenvalue weighted by Gasteiger charge is -2.32. The lowest BCUT2D eigenvalue weighted by molar-refractivity contribution is -0.134. The molecule has 1 unspecified atom stereocenters. The van der Waals surface area contributed by atoms with E-state index in [1.54, 1.807) is 0 Å². The molecule has 3 aliphatic rings. The van der Waals surface area contributed by atoms with Gasteiger partial charge in [0.1, 0.15) is 0 Å². The number of carbonyl (C=O) groups is 1. The van der Waals surface area contributed by atoms with Gasteiger partial charge in [0.25, 0.3) is 0 Å². The van der Waals surface area contributed by atoms with Gasteiger partial charge in [-0.2, -0.15) is 0 Å². The summed E-state index contributed by atoms with van der Waals surface area (Å²) in [5, 5.41) is 8.32. The average molecular weight is 377 g/mol. The lowest BCUT2D eigenvalue weighted by atomic mass is 10.1. The summed E-state index contributed by atoms with van der Waals surface area (Å²) in [5.74, 6) is 1.96. The summed E-state index contributed by atoms with van der Waals surface area (Å²) >= 11 is 0. The number of aryl methyl sites for hydroxylation is 1. The molecule has 0 spiro atoms. The van der Waals surface area contributed by atoms with Crippen molar-refractivity contribution < 1.29 is 18.7 Å². The number of nitrogens with zero attached hydrogens (tertiary/aromatic N) is 3. The van der Waals surface area contributed by atoms with Crippen molar-refractivity contribution in [1.82, 2.24) is 15.1 Å². The highest BCUT2D eigenvalue weighted by Gasteiger charge is 2.26. The minimum Gasteiger partial charge on any atom is -0.425 e. The van der Waals surface area contributed by atoms with Crippen LogP contribution in [0.25, 0.3) is 0 Å². The third-order valence-electron chi connectivity index (χ3n) is 6.08. The van der Waals surface area contributed by atoms with Crippen molar-refractivity contribution in [2.45, 2.75) is 82.3 Å². The molecule has 4 rings (SSSR count). The van der Waals surface area contributed by atoms with Crippen molar-refractivity contribution in [3.05, 3.63) is 11.8 Å². The Morgan fingerprint density at radius 2 is 1.89 bits per heavy atom. The highest BCUT2D eigenvalue weighted by molar-refractivity contribution is 5.76. The number of piperidine rings is 1. The van der Waals surface area contributed by atoms with Crippen molar-refractivity contribution in [2.75, 3.05) is 26.3 Å². The van der Waals surface area contributed by atoms with Crippen LogP contribution in [0.15, 0.2) is 4.42 Å². The van der Waals surface area contributed by atoms with Crippen LogP contribution in [0.3, 0.4) is 0 Å². The van der Waals surface area contributed by atoms with Crippen molar-refractivity contribution in [3.63, 3.8) is 0 Å². The largest absolute Gasteiger partial charge is 0.425 e. The number of likely N-dealkylation sites (tertiary alicyclic amines) is 1. The van der Waals surface area contributed by atoms with E-state index in [0.29, 0.717) is 31.3 Å². The van der Waals surface area contributed by atoms with Gasteiger partial charge in [-0.25, -0.2) is 0 Å². The topological polar surface area (TPSA) is 77.7 Å². The SMILES string of the molecule is O=C(CCc1nnc(C2CCCC2)o1)N1CCC(OCC2CCCO2)CC1. The molecule has 1 atom stereocenters. The Morgan fingerprint density at radius 3 is 2.63 bits per heavy atom. The molecule has 3 fully saturated rings. The standard InChI is InChI=1S/C20H31N3O4/c24-19(8-7-18-21-22-20(27-18)15-4-1-2-5-15)23-11-9-16(10-12-23)26-14-17-6-3-13-25-17/h15-17H,1-14H2. The zero-order valence-electron chi connectivity index (χ0n) is 16.1. The lowest BCUT2D eigenvalue weighted by Crippen LogP contribution is -2.41. The van der Waals surface area contributed by atoms with Crippen molar-refractivity contribution in [3.8, 4) is 0 Å². The van der Waals surface area contributed by atoms with Crippen LogP contribution in [0.4, 0.5) is 0 Å². The molecule has 7 heteroatoms. The molecule has 150 valence electrons. The molecule has 3 heterocycles. The minimum absolute atomic E-state index is 0.174. The second-order valence-corrected chi connectivity index (χ2v) is 8.06. The quantitative estimate of drug-likeness (QED) is 0.727. The van der Waals surface area contributed by atoms with Gasteiger partial charge in [-0.05, 0) is 38.5 Å². The summed E-state index contributed by atoms with van der Waals surface area (Å²) in [6.45, 7) is 3.10. The molecule has 1 aromatic rings. The van der Waals surface area contributed by atoms with E-state index in [2.05, 4.69) is 10.2 Å². The first-order chi connectivity index (χ1) is 13.3. The van der Waals surface area contributed by atoms with E-state index in [-0.39, 0.29) is 18.1 Å². The van der Waals surface area contributed by atoms with Gasteiger partial charge in [0, 0.05) is 38.5 Å².